The Morgan fingerprint density at radius 2 is 2.00 bits per heavy atom. The highest BCUT2D eigenvalue weighted by Gasteiger charge is 2.29. The monoisotopic (exact) mass is 292 g/mol. The Morgan fingerprint density at radius 3 is 2.85 bits per heavy atom. The van der Waals surface area contributed by atoms with Crippen LogP contribution in [0.3, 0.4) is 0 Å². The number of benzene rings is 2. The number of fused-ring (bicyclic) bond motifs is 1. The summed E-state index contributed by atoms with van der Waals surface area (Å²) in [5.74, 6) is -0.199. The first-order valence-electron chi connectivity index (χ1n) is 6.49. The molecule has 2 unspecified atom stereocenters. The van der Waals surface area contributed by atoms with E-state index in [-0.39, 0.29) is 17.9 Å². The van der Waals surface area contributed by atoms with Crippen LogP contribution in [-0.4, -0.2) is 17.0 Å². The highest BCUT2D eigenvalue weighted by molar-refractivity contribution is 7.99. The van der Waals surface area contributed by atoms with Crippen molar-refractivity contribution in [3.8, 4) is 0 Å². The molecule has 0 saturated heterocycles. The van der Waals surface area contributed by atoms with Gasteiger partial charge in [0.05, 0.1) is 6.10 Å². The maximum Gasteiger partial charge on any atom is 0.126 e. The molecule has 0 aromatic heterocycles. The van der Waals surface area contributed by atoms with Crippen molar-refractivity contribution in [3.05, 3.63) is 65.2 Å². The minimum Gasteiger partial charge on any atom is -0.392 e. The average molecular weight is 292 g/mol. The smallest absolute Gasteiger partial charge is 0.126 e. The Balaban J connectivity index is 1.81. The molecular formula is C16H14F2OS. The van der Waals surface area contributed by atoms with Crippen LogP contribution in [0, 0.1) is 11.6 Å². The SMILES string of the molecule is OC(Cc1cc(F)ccc1F)C1CSc2ccccc21. The Hall–Kier alpha value is -1.39. The van der Waals surface area contributed by atoms with Crippen LogP contribution >= 0.6 is 11.8 Å². The second-order valence-corrected chi connectivity index (χ2v) is 6.02. The first-order chi connectivity index (χ1) is 9.65. The second-order valence-electron chi connectivity index (χ2n) is 4.96. The summed E-state index contributed by atoms with van der Waals surface area (Å²) >= 11 is 1.69. The van der Waals surface area contributed by atoms with Crippen LogP contribution in [-0.2, 0) is 6.42 Å². The molecule has 0 amide bonds. The van der Waals surface area contributed by atoms with Crippen LogP contribution in [0.2, 0.25) is 0 Å². The van der Waals surface area contributed by atoms with Gasteiger partial charge in [-0.3, -0.25) is 0 Å². The van der Waals surface area contributed by atoms with Crippen LogP contribution in [0.4, 0.5) is 8.78 Å². The van der Waals surface area contributed by atoms with Gasteiger partial charge in [-0.2, -0.15) is 0 Å². The molecule has 0 saturated carbocycles. The molecule has 1 aliphatic rings. The Labute approximate surface area is 120 Å². The lowest BCUT2D eigenvalue weighted by atomic mass is 9.91. The van der Waals surface area contributed by atoms with E-state index in [0.717, 1.165) is 34.4 Å². The minimum atomic E-state index is -0.706. The molecule has 0 radical (unpaired) electrons. The van der Waals surface area contributed by atoms with Gasteiger partial charge < -0.3 is 5.11 Å². The van der Waals surface area contributed by atoms with Gasteiger partial charge >= 0.3 is 0 Å². The maximum absolute atomic E-state index is 13.6. The molecule has 2 aromatic rings. The molecule has 2 atom stereocenters. The van der Waals surface area contributed by atoms with E-state index in [9.17, 15) is 13.9 Å². The van der Waals surface area contributed by atoms with Gasteiger partial charge in [-0.1, -0.05) is 18.2 Å². The molecule has 20 heavy (non-hydrogen) atoms. The number of halogens is 2. The molecule has 0 bridgehead atoms. The lowest BCUT2D eigenvalue weighted by molar-refractivity contribution is 0.150. The molecule has 1 aliphatic heterocycles. The van der Waals surface area contributed by atoms with Gasteiger partial charge in [-0.05, 0) is 35.4 Å². The summed E-state index contributed by atoms with van der Waals surface area (Å²) < 4.78 is 26.8. The van der Waals surface area contributed by atoms with Crippen molar-refractivity contribution >= 4 is 11.8 Å². The van der Waals surface area contributed by atoms with Crippen molar-refractivity contribution in [2.24, 2.45) is 0 Å². The summed E-state index contributed by atoms with van der Waals surface area (Å²) in [6, 6.07) is 11.3. The van der Waals surface area contributed by atoms with Crippen LogP contribution in [0.1, 0.15) is 17.0 Å². The zero-order valence-corrected chi connectivity index (χ0v) is 11.5. The first-order valence-corrected chi connectivity index (χ1v) is 7.47. The lowest BCUT2D eigenvalue weighted by Gasteiger charge is -2.19. The first kappa shape index (κ1) is 13.6. The van der Waals surface area contributed by atoms with Crippen molar-refractivity contribution in [2.75, 3.05) is 5.75 Å². The third kappa shape index (κ3) is 2.58. The van der Waals surface area contributed by atoms with Crippen molar-refractivity contribution < 1.29 is 13.9 Å². The fourth-order valence-electron chi connectivity index (χ4n) is 2.57. The van der Waals surface area contributed by atoms with Crippen molar-refractivity contribution in [3.63, 3.8) is 0 Å². The molecule has 1 heterocycles. The molecular weight excluding hydrogens is 278 g/mol. The molecule has 2 aromatic carbocycles. The number of aliphatic hydroxyl groups excluding tert-OH is 1. The molecule has 4 heteroatoms. The summed E-state index contributed by atoms with van der Waals surface area (Å²) in [5, 5.41) is 10.4. The Morgan fingerprint density at radius 1 is 1.20 bits per heavy atom. The van der Waals surface area contributed by atoms with E-state index < -0.39 is 17.7 Å². The third-order valence-electron chi connectivity index (χ3n) is 3.64. The molecule has 104 valence electrons. The Bertz CT molecular complexity index is 630. The summed E-state index contributed by atoms with van der Waals surface area (Å²) in [5.41, 5.74) is 1.33. The number of thioether (sulfide) groups is 1. The van der Waals surface area contributed by atoms with E-state index in [0.29, 0.717) is 0 Å². The highest BCUT2D eigenvalue weighted by atomic mass is 32.2. The summed E-state index contributed by atoms with van der Waals surface area (Å²) in [6.45, 7) is 0. The Kier molecular flexibility index (Phi) is 3.76. The van der Waals surface area contributed by atoms with Crippen molar-refractivity contribution in [1.82, 2.24) is 0 Å². The summed E-state index contributed by atoms with van der Waals surface area (Å²) in [6.07, 6.45) is -0.578. The molecule has 0 aliphatic carbocycles. The predicted molar refractivity (Wildman–Crippen MR) is 76.0 cm³/mol. The van der Waals surface area contributed by atoms with Crippen LogP contribution in [0.5, 0.6) is 0 Å². The van der Waals surface area contributed by atoms with Gasteiger partial charge in [-0.15, -0.1) is 11.8 Å². The van der Waals surface area contributed by atoms with E-state index in [1.807, 2.05) is 24.3 Å². The van der Waals surface area contributed by atoms with Crippen LogP contribution in [0.15, 0.2) is 47.4 Å². The fraction of sp³-hybridized carbons (Fsp3) is 0.250. The molecule has 3 rings (SSSR count). The minimum absolute atomic E-state index is 0.0288. The number of hydrogen-bond acceptors (Lipinski definition) is 2. The molecule has 1 N–H and O–H groups in total. The highest BCUT2D eigenvalue weighted by Crippen LogP contribution is 2.41. The number of rotatable bonds is 3. The second kappa shape index (κ2) is 5.54. The lowest BCUT2D eigenvalue weighted by Crippen LogP contribution is -2.21. The van der Waals surface area contributed by atoms with Crippen LogP contribution in [0.25, 0.3) is 0 Å². The fourth-order valence-corrected chi connectivity index (χ4v) is 3.89. The van der Waals surface area contributed by atoms with E-state index in [1.165, 1.54) is 0 Å². The largest absolute Gasteiger partial charge is 0.392 e. The van der Waals surface area contributed by atoms with E-state index in [2.05, 4.69) is 0 Å². The van der Waals surface area contributed by atoms with Gasteiger partial charge in [-0.25, -0.2) is 8.78 Å². The topological polar surface area (TPSA) is 20.2 Å². The van der Waals surface area contributed by atoms with Crippen molar-refractivity contribution in [1.29, 1.82) is 0 Å². The van der Waals surface area contributed by atoms with Gasteiger partial charge in [0.15, 0.2) is 0 Å². The van der Waals surface area contributed by atoms with Gasteiger partial charge in [0.1, 0.15) is 11.6 Å². The quantitative estimate of drug-likeness (QED) is 0.929. The normalized spacial score (nSPS) is 18.9. The average Bonchev–Trinajstić information content (AvgIpc) is 2.87. The zero-order chi connectivity index (χ0) is 14.1. The predicted octanol–water partition coefficient (Wildman–Crippen LogP) is 3.76. The summed E-state index contributed by atoms with van der Waals surface area (Å²) in [7, 11) is 0. The molecule has 0 spiro atoms. The van der Waals surface area contributed by atoms with Crippen molar-refractivity contribution in [2.45, 2.75) is 23.3 Å². The summed E-state index contributed by atoms with van der Waals surface area (Å²) in [4.78, 5) is 1.16. The van der Waals surface area contributed by atoms with E-state index in [4.69, 9.17) is 0 Å². The maximum atomic E-state index is 13.6. The van der Waals surface area contributed by atoms with Gasteiger partial charge in [0, 0.05) is 23.0 Å². The van der Waals surface area contributed by atoms with E-state index in [1.54, 1.807) is 11.8 Å². The molecule has 0 fully saturated rings. The van der Waals surface area contributed by atoms with E-state index >= 15 is 0 Å². The molecule has 1 nitrogen and oxygen atoms in total. The third-order valence-corrected chi connectivity index (χ3v) is 4.85. The van der Waals surface area contributed by atoms with Gasteiger partial charge in [0.25, 0.3) is 0 Å². The standard InChI is InChI=1S/C16H14F2OS/c17-11-5-6-14(18)10(7-11)8-15(19)13-9-20-16-4-2-1-3-12(13)16/h1-7,13,15,19H,8-9H2. The van der Waals surface area contributed by atoms with Crippen LogP contribution < -0.4 is 0 Å². The number of hydrogen-bond donors (Lipinski definition) is 1. The number of aliphatic hydroxyl groups is 1. The van der Waals surface area contributed by atoms with Gasteiger partial charge in [0.2, 0.25) is 0 Å². The zero-order valence-electron chi connectivity index (χ0n) is 10.7.